The molecule has 0 radical (unpaired) electrons. The summed E-state index contributed by atoms with van der Waals surface area (Å²) < 4.78 is 7.46. The SMILES string of the molecule is C=CCC(Cn1ccc(-c2ccc(-c3ccc(C#N)cc3)cc2)c1C(=O)N[C@H](CO)Cc1ccccc1)C(=O)OCc1ccccc1. The first-order chi connectivity index (χ1) is 23.0. The number of benzene rings is 4. The molecule has 0 spiro atoms. The van der Waals surface area contributed by atoms with Crippen molar-refractivity contribution in [3.63, 3.8) is 0 Å². The molecule has 1 aromatic heterocycles. The zero-order valence-electron chi connectivity index (χ0n) is 26.1. The number of nitriles is 1. The molecule has 0 aliphatic heterocycles. The fourth-order valence-corrected chi connectivity index (χ4v) is 5.53. The number of amides is 1. The number of allylic oxidation sites excluding steroid dienone is 1. The van der Waals surface area contributed by atoms with Crippen LogP contribution in [0.2, 0.25) is 0 Å². The van der Waals surface area contributed by atoms with E-state index in [2.05, 4.69) is 18.0 Å². The fourth-order valence-electron chi connectivity index (χ4n) is 5.53. The monoisotopic (exact) mass is 623 g/mol. The van der Waals surface area contributed by atoms with Crippen LogP contribution in [0.25, 0.3) is 22.3 Å². The lowest BCUT2D eigenvalue weighted by Crippen LogP contribution is -2.40. The molecule has 1 unspecified atom stereocenters. The number of aromatic nitrogens is 1. The minimum Gasteiger partial charge on any atom is -0.461 e. The van der Waals surface area contributed by atoms with Gasteiger partial charge in [-0.15, -0.1) is 6.58 Å². The molecule has 2 N–H and O–H groups in total. The second kappa shape index (κ2) is 16.0. The molecular formula is C40H37N3O4. The summed E-state index contributed by atoms with van der Waals surface area (Å²) in [6.45, 7) is 3.97. The molecule has 0 fully saturated rings. The number of hydrogen-bond acceptors (Lipinski definition) is 5. The lowest BCUT2D eigenvalue weighted by molar-refractivity contribution is -0.150. The van der Waals surface area contributed by atoms with E-state index >= 15 is 0 Å². The number of carbonyl (C=O) groups excluding carboxylic acids is 2. The van der Waals surface area contributed by atoms with Crippen LogP contribution in [0.4, 0.5) is 0 Å². The van der Waals surface area contributed by atoms with Gasteiger partial charge in [-0.1, -0.05) is 103 Å². The highest BCUT2D eigenvalue weighted by Gasteiger charge is 2.26. The van der Waals surface area contributed by atoms with Crippen LogP contribution in [-0.2, 0) is 29.1 Å². The van der Waals surface area contributed by atoms with E-state index in [-0.39, 0.29) is 31.6 Å². The third-order valence-corrected chi connectivity index (χ3v) is 8.03. The van der Waals surface area contributed by atoms with Gasteiger partial charge in [-0.3, -0.25) is 9.59 Å². The summed E-state index contributed by atoms with van der Waals surface area (Å²) in [5, 5.41) is 22.4. The number of esters is 1. The van der Waals surface area contributed by atoms with Gasteiger partial charge in [-0.25, -0.2) is 0 Å². The number of ether oxygens (including phenoxy) is 1. The quantitative estimate of drug-likeness (QED) is 0.103. The molecule has 1 heterocycles. The van der Waals surface area contributed by atoms with E-state index in [0.717, 1.165) is 27.8 Å². The Hall–Kier alpha value is -5.71. The number of hydrogen-bond donors (Lipinski definition) is 2. The van der Waals surface area contributed by atoms with Gasteiger partial charge in [0, 0.05) is 18.3 Å². The first-order valence-electron chi connectivity index (χ1n) is 15.6. The maximum absolute atomic E-state index is 14.0. The van der Waals surface area contributed by atoms with E-state index in [0.29, 0.717) is 29.7 Å². The van der Waals surface area contributed by atoms with Crippen molar-refractivity contribution in [3.05, 3.63) is 156 Å². The van der Waals surface area contributed by atoms with Gasteiger partial charge in [0.15, 0.2) is 0 Å². The minimum atomic E-state index is -0.570. The zero-order valence-corrected chi connectivity index (χ0v) is 26.1. The van der Waals surface area contributed by atoms with Crippen molar-refractivity contribution >= 4 is 11.9 Å². The maximum Gasteiger partial charge on any atom is 0.311 e. The Kier molecular flexibility index (Phi) is 11.1. The highest BCUT2D eigenvalue weighted by Crippen LogP contribution is 2.30. The maximum atomic E-state index is 14.0. The van der Waals surface area contributed by atoms with Crippen molar-refractivity contribution in [1.82, 2.24) is 9.88 Å². The van der Waals surface area contributed by atoms with E-state index in [4.69, 9.17) is 10.00 Å². The van der Waals surface area contributed by atoms with E-state index in [1.807, 2.05) is 109 Å². The molecule has 2 atom stereocenters. The molecule has 0 saturated carbocycles. The topological polar surface area (TPSA) is 104 Å². The average molecular weight is 624 g/mol. The number of aliphatic hydroxyl groups excluding tert-OH is 1. The molecule has 5 aromatic rings. The van der Waals surface area contributed by atoms with E-state index in [9.17, 15) is 14.7 Å². The largest absolute Gasteiger partial charge is 0.461 e. The van der Waals surface area contributed by atoms with Gasteiger partial charge in [0.25, 0.3) is 5.91 Å². The number of aliphatic hydroxyl groups is 1. The molecule has 47 heavy (non-hydrogen) atoms. The van der Waals surface area contributed by atoms with Crippen molar-refractivity contribution in [2.24, 2.45) is 5.92 Å². The molecule has 236 valence electrons. The van der Waals surface area contributed by atoms with Gasteiger partial charge in [0.05, 0.1) is 30.2 Å². The van der Waals surface area contributed by atoms with Crippen molar-refractivity contribution in [2.75, 3.05) is 6.61 Å². The van der Waals surface area contributed by atoms with Crippen molar-refractivity contribution in [2.45, 2.75) is 32.0 Å². The third kappa shape index (κ3) is 8.51. The van der Waals surface area contributed by atoms with E-state index in [1.54, 1.807) is 22.8 Å². The van der Waals surface area contributed by atoms with Gasteiger partial charge in [0.1, 0.15) is 12.3 Å². The van der Waals surface area contributed by atoms with Crippen molar-refractivity contribution in [3.8, 4) is 28.3 Å². The molecule has 5 rings (SSSR count). The van der Waals surface area contributed by atoms with Gasteiger partial charge in [-0.05, 0) is 58.9 Å². The first-order valence-corrected chi connectivity index (χ1v) is 15.6. The molecular weight excluding hydrogens is 586 g/mol. The number of nitrogens with one attached hydrogen (secondary N) is 1. The predicted octanol–water partition coefficient (Wildman–Crippen LogP) is 6.96. The number of rotatable bonds is 14. The summed E-state index contributed by atoms with van der Waals surface area (Å²) in [5.41, 5.74) is 6.31. The minimum absolute atomic E-state index is 0.154. The molecule has 4 aromatic carbocycles. The summed E-state index contributed by atoms with van der Waals surface area (Å²) in [6, 6.07) is 37.9. The molecule has 0 saturated heterocycles. The Morgan fingerprint density at radius 2 is 1.45 bits per heavy atom. The van der Waals surface area contributed by atoms with Gasteiger partial charge < -0.3 is 19.7 Å². The van der Waals surface area contributed by atoms with Gasteiger partial charge in [-0.2, -0.15) is 5.26 Å². The third-order valence-electron chi connectivity index (χ3n) is 8.03. The Morgan fingerprint density at radius 1 is 0.851 bits per heavy atom. The van der Waals surface area contributed by atoms with Crippen LogP contribution < -0.4 is 5.32 Å². The molecule has 0 bridgehead atoms. The van der Waals surface area contributed by atoms with E-state index in [1.165, 1.54) is 0 Å². The van der Waals surface area contributed by atoms with Crippen molar-refractivity contribution in [1.29, 1.82) is 5.26 Å². The molecule has 7 heteroatoms. The Bertz CT molecular complexity index is 1820. The predicted molar refractivity (Wildman–Crippen MR) is 183 cm³/mol. The summed E-state index contributed by atoms with van der Waals surface area (Å²) >= 11 is 0. The lowest BCUT2D eigenvalue weighted by Gasteiger charge is -2.21. The van der Waals surface area contributed by atoms with Gasteiger partial charge >= 0.3 is 5.97 Å². The number of nitrogens with zero attached hydrogens (tertiary/aromatic N) is 2. The molecule has 0 aliphatic rings. The number of carbonyl (C=O) groups is 2. The van der Waals surface area contributed by atoms with Crippen LogP contribution in [0.5, 0.6) is 0 Å². The second-order valence-electron chi connectivity index (χ2n) is 11.4. The van der Waals surface area contributed by atoms with E-state index < -0.39 is 12.0 Å². The normalized spacial score (nSPS) is 12.0. The summed E-state index contributed by atoms with van der Waals surface area (Å²) in [6.07, 6.45) is 4.32. The van der Waals surface area contributed by atoms with Crippen LogP contribution >= 0.6 is 0 Å². The highest BCUT2D eigenvalue weighted by atomic mass is 16.5. The summed E-state index contributed by atoms with van der Waals surface area (Å²) in [4.78, 5) is 27.3. The van der Waals surface area contributed by atoms with Crippen LogP contribution in [0.3, 0.4) is 0 Å². The van der Waals surface area contributed by atoms with Crippen LogP contribution in [0.1, 0.15) is 33.6 Å². The van der Waals surface area contributed by atoms with Crippen molar-refractivity contribution < 1.29 is 19.4 Å². The average Bonchev–Trinajstić information content (AvgIpc) is 3.54. The first kappa shape index (κ1) is 32.7. The Morgan fingerprint density at radius 3 is 2.04 bits per heavy atom. The molecule has 0 aliphatic carbocycles. The molecule has 7 nitrogen and oxygen atoms in total. The fraction of sp³-hybridized carbons (Fsp3) is 0.175. The second-order valence-corrected chi connectivity index (χ2v) is 11.4. The highest BCUT2D eigenvalue weighted by molar-refractivity contribution is 6.00. The lowest BCUT2D eigenvalue weighted by atomic mass is 9.99. The molecule has 1 amide bonds. The smallest absolute Gasteiger partial charge is 0.311 e. The summed E-state index contributed by atoms with van der Waals surface area (Å²) in [5.74, 6) is -1.30. The zero-order chi connectivity index (χ0) is 33.0. The van der Waals surface area contributed by atoms with Gasteiger partial charge in [0.2, 0.25) is 0 Å². The van der Waals surface area contributed by atoms with Crippen LogP contribution in [-0.4, -0.2) is 34.2 Å². The van der Waals surface area contributed by atoms with Crippen LogP contribution in [0, 0.1) is 17.2 Å². The Labute approximate surface area is 275 Å². The standard InChI is InChI=1S/C40H37N3O4/c1-2-9-35(40(46)47-28-31-12-7-4-8-13-31)26-43-23-22-37(34-20-18-33(19-21-34)32-16-14-30(25-41)15-17-32)38(43)39(45)42-36(27-44)24-29-10-5-3-6-11-29/h2-8,10-23,35-36,44H,1,9,24,26-28H2,(H,42,45)/t35?,36-/m0/s1. The van der Waals surface area contributed by atoms with Crippen LogP contribution in [0.15, 0.2) is 134 Å². The summed E-state index contributed by atoms with van der Waals surface area (Å²) in [7, 11) is 0. The Balaban J connectivity index is 1.43.